The molecule has 0 bridgehead atoms. The van der Waals surface area contributed by atoms with Crippen molar-refractivity contribution < 1.29 is 9.53 Å². The fraction of sp³-hybridized carbons (Fsp3) is 0.276. The second-order valence-electron chi connectivity index (χ2n) is 9.58. The number of ketones is 1. The van der Waals surface area contributed by atoms with Crippen LogP contribution in [0.5, 0.6) is 5.75 Å². The highest BCUT2D eigenvalue weighted by Crippen LogP contribution is 2.46. The number of hydrogen-bond donors (Lipinski definition) is 2. The highest BCUT2D eigenvalue weighted by atomic mass is 35.5. The van der Waals surface area contributed by atoms with Gasteiger partial charge in [-0.2, -0.15) is 0 Å². The van der Waals surface area contributed by atoms with E-state index in [1.807, 2.05) is 54.6 Å². The Morgan fingerprint density at radius 2 is 1.60 bits per heavy atom. The first-order chi connectivity index (χ1) is 16.9. The molecule has 5 rings (SSSR count). The minimum absolute atomic E-state index is 0.0699. The Balaban J connectivity index is 1.52. The van der Waals surface area contributed by atoms with Crippen molar-refractivity contribution in [3.05, 3.63) is 99.2 Å². The van der Waals surface area contributed by atoms with Crippen LogP contribution in [0.3, 0.4) is 0 Å². The third-order valence-corrected chi connectivity index (χ3v) is 7.19. The largest absolute Gasteiger partial charge is 0.493 e. The number of carbonyl (C=O) groups is 1. The van der Waals surface area contributed by atoms with Gasteiger partial charge >= 0.3 is 0 Å². The maximum absolute atomic E-state index is 13.7. The van der Waals surface area contributed by atoms with Gasteiger partial charge in [0.2, 0.25) is 0 Å². The van der Waals surface area contributed by atoms with Crippen molar-refractivity contribution in [1.29, 1.82) is 0 Å². The van der Waals surface area contributed by atoms with E-state index in [2.05, 4.69) is 36.6 Å². The van der Waals surface area contributed by atoms with E-state index in [0.717, 1.165) is 33.9 Å². The summed E-state index contributed by atoms with van der Waals surface area (Å²) in [6.07, 6.45) is 1.13. The van der Waals surface area contributed by atoms with Crippen LogP contribution in [0.15, 0.2) is 78.0 Å². The van der Waals surface area contributed by atoms with Crippen molar-refractivity contribution in [2.75, 3.05) is 17.2 Å². The fourth-order valence-electron chi connectivity index (χ4n) is 4.83. The predicted octanol–water partition coefficient (Wildman–Crippen LogP) is 8.01. The molecule has 1 aliphatic heterocycles. The second-order valence-corrected chi connectivity index (χ2v) is 10.4. The van der Waals surface area contributed by atoms with Crippen LogP contribution in [0, 0.1) is 5.92 Å². The van der Waals surface area contributed by atoms with Crippen molar-refractivity contribution >= 4 is 40.4 Å². The summed E-state index contributed by atoms with van der Waals surface area (Å²) in [7, 11) is 0. The van der Waals surface area contributed by atoms with Gasteiger partial charge in [0.1, 0.15) is 5.75 Å². The van der Waals surface area contributed by atoms with Gasteiger partial charge in [-0.15, -0.1) is 0 Å². The highest BCUT2D eigenvalue weighted by molar-refractivity contribution is 6.36. The number of ether oxygens (including phenoxy) is 1. The first kappa shape index (κ1) is 23.8. The zero-order chi connectivity index (χ0) is 24.5. The van der Waals surface area contributed by atoms with E-state index in [4.69, 9.17) is 27.9 Å². The second kappa shape index (κ2) is 9.96. The zero-order valence-electron chi connectivity index (χ0n) is 19.8. The summed E-state index contributed by atoms with van der Waals surface area (Å²) < 4.78 is 5.84. The molecule has 0 saturated carbocycles. The molecule has 0 saturated heterocycles. The molecule has 2 unspecified atom stereocenters. The molecule has 2 aliphatic rings. The quantitative estimate of drug-likeness (QED) is 0.367. The summed E-state index contributed by atoms with van der Waals surface area (Å²) in [6, 6.07) is 21.1. The molecule has 180 valence electrons. The van der Waals surface area contributed by atoms with Crippen LogP contribution in [0.1, 0.15) is 49.8 Å². The minimum Gasteiger partial charge on any atom is -0.493 e. The highest BCUT2D eigenvalue weighted by Gasteiger charge is 2.37. The lowest BCUT2D eigenvalue weighted by Crippen LogP contribution is -2.27. The molecule has 35 heavy (non-hydrogen) atoms. The van der Waals surface area contributed by atoms with Crippen molar-refractivity contribution in [3.63, 3.8) is 0 Å². The molecule has 0 radical (unpaired) electrons. The van der Waals surface area contributed by atoms with Gasteiger partial charge in [-0.25, -0.2) is 0 Å². The molecule has 1 heterocycles. The number of rotatable bonds is 5. The predicted molar refractivity (Wildman–Crippen MR) is 144 cm³/mol. The Labute approximate surface area is 216 Å². The SMILES string of the molecule is CC(C)COc1ccc(C2CC(=O)C3=C(C2)Nc2ccccc2NC3c2c(Cl)cccc2Cl)cc1. The number of benzene rings is 3. The van der Waals surface area contributed by atoms with Crippen LogP contribution in [0.25, 0.3) is 0 Å². The van der Waals surface area contributed by atoms with Crippen LogP contribution in [-0.2, 0) is 4.79 Å². The van der Waals surface area contributed by atoms with Gasteiger partial charge in [0.25, 0.3) is 0 Å². The third kappa shape index (κ3) is 4.91. The van der Waals surface area contributed by atoms with Crippen LogP contribution < -0.4 is 15.4 Å². The molecule has 3 aromatic rings. The molecule has 0 aromatic heterocycles. The third-order valence-electron chi connectivity index (χ3n) is 6.53. The molecule has 4 nitrogen and oxygen atoms in total. The van der Waals surface area contributed by atoms with Gasteiger partial charge in [0, 0.05) is 33.3 Å². The Morgan fingerprint density at radius 3 is 2.29 bits per heavy atom. The van der Waals surface area contributed by atoms with Crippen molar-refractivity contribution in [1.82, 2.24) is 0 Å². The maximum atomic E-state index is 13.7. The molecule has 0 spiro atoms. The summed E-state index contributed by atoms with van der Waals surface area (Å²) in [5.74, 6) is 1.47. The fourth-order valence-corrected chi connectivity index (χ4v) is 5.45. The first-order valence-corrected chi connectivity index (χ1v) is 12.7. The van der Waals surface area contributed by atoms with E-state index in [0.29, 0.717) is 41.0 Å². The number of halogens is 2. The van der Waals surface area contributed by atoms with Crippen LogP contribution in [-0.4, -0.2) is 12.4 Å². The molecular weight excluding hydrogens is 479 g/mol. The van der Waals surface area contributed by atoms with E-state index in [1.165, 1.54) is 0 Å². The number of anilines is 2. The van der Waals surface area contributed by atoms with Crippen molar-refractivity contribution in [2.45, 2.75) is 38.6 Å². The molecule has 3 aromatic carbocycles. The molecular formula is C29H28Cl2N2O2. The van der Waals surface area contributed by atoms with Gasteiger partial charge in [-0.05, 0) is 60.2 Å². The Bertz CT molecular complexity index is 1260. The van der Waals surface area contributed by atoms with E-state index in [9.17, 15) is 4.79 Å². The summed E-state index contributed by atoms with van der Waals surface area (Å²) in [5.41, 5.74) is 5.28. The summed E-state index contributed by atoms with van der Waals surface area (Å²) in [4.78, 5) is 13.7. The normalized spacial score (nSPS) is 19.4. The Morgan fingerprint density at radius 1 is 0.914 bits per heavy atom. The van der Waals surface area contributed by atoms with Gasteiger partial charge in [-0.3, -0.25) is 4.79 Å². The van der Waals surface area contributed by atoms with Gasteiger partial charge in [0.05, 0.1) is 24.0 Å². The molecule has 0 amide bonds. The summed E-state index contributed by atoms with van der Waals surface area (Å²) in [6.45, 7) is 4.94. The number of nitrogens with one attached hydrogen (secondary N) is 2. The topological polar surface area (TPSA) is 50.4 Å². The number of hydrogen-bond acceptors (Lipinski definition) is 4. The van der Waals surface area contributed by atoms with Gasteiger partial charge < -0.3 is 15.4 Å². The number of allylic oxidation sites excluding steroid dienone is 1. The molecule has 6 heteroatoms. The standard InChI is InChI=1S/C29H28Cl2N2O2/c1-17(2)16-35-20-12-10-18(11-13-20)19-14-25-28(26(34)15-19)29(27-21(30)6-5-7-22(27)31)33-24-9-4-3-8-23(24)32-25/h3-13,17,19,29,32-33H,14-16H2,1-2H3. The van der Waals surface area contributed by atoms with Crippen molar-refractivity contribution in [3.8, 4) is 5.75 Å². The van der Waals surface area contributed by atoms with Crippen molar-refractivity contribution in [2.24, 2.45) is 5.92 Å². The summed E-state index contributed by atoms with van der Waals surface area (Å²) in [5, 5.41) is 8.18. The van der Waals surface area contributed by atoms with E-state index < -0.39 is 6.04 Å². The van der Waals surface area contributed by atoms with Crippen LogP contribution in [0.2, 0.25) is 10.0 Å². The number of para-hydroxylation sites is 2. The Hall–Kier alpha value is -2.95. The first-order valence-electron chi connectivity index (χ1n) is 12.0. The average molecular weight is 507 g/mol. The van der Waals surface area contributed by atoms with Crippen LogP contribution >= 0.6 is 23.2 Å². The monoisotopic (exact) mass is 506 g/mol. The number of carbonyl (C=O) groups excluding carboxylic acids is 1. The van der Waals surface area contributed by atoms with E-state index >= 15 is 0 Å². The number of fused-ring (bicyclic) bond motifs is 1. The van der Waals surface area contributed by atoms with E-state index in [-0.39, 0.29) is 11.7 Å². The zero-order valence-corrected chi connectivity index (χ0v) is 21.3. The molecule has 2 N–H and O–H groups in total. The van der Waals surface area contributed by atoms with Crippen LogP contribution in [0.4, 0.5) is 11.4 Å². The summed E-state index contributed by atoms with van der Waals surface area (Å²) >= 11 is 13.2. The molecule has 0 fully saturated rings. The smallest absolute Gasteiger partial charge is 0.163 e. The molecule has 1 aliphatic carbocycles. The minimum atomic E-state index is -0.442. The number of Topliss-reactive ketones (excluding diaryl/α,β-unsaturated/α-hetero) is 1. The van der Waals surface area contributed by atoms with Gasteiger partial charge in [-0.1, -0.05) is 67.4 Å². The Kier molecular flexibility index (Phi) is 6.77. The lowest BCUT2D eigenvalue weighted by molar-refractivity contribution is -0.116. The molecule has 2 atom stereocenters. The lowest BCUT2D eigenvalue weighted by Gasteiger charge is -2.30. The maximum Gasteiger partial charge on any atom is 0.163 e. The lowest BCUT2D eigenvalue weighted by atomic mass is 9.78. The van der Waals surface area contributed by atoms with Gasteiger partial charge in [0.15, 0.2) is 5.78 Å². The van der Waals surface area contributed by atoms with E-state index in [1.54, 1.807) is 0 Å². The average Bonchev–Trinajstić information content (AvgIpc) is 3.00.